The van der Waals surface area contributed by atoms with Gasteiger partial charge in [0.25, 0.3) is 10.0 Å². The van der Waals surface area contributed by atoms with Gasteiger partial charge in [0.05, 0.1) is 24.6 Å². The largest absolute Gasteiger partial charge is 0.487 e. The Morgan fingerprint density at radius 2 is 1.77 bits per heavy atom. The Kier molecular flexibility index (Phi) is 16.2. The minimum atomic E-state index is -4.18. The average molecular weight is 871 g/mol. The fraction of sp³-hybridized carbons (Fsp3) is 0.550. The molecule has 10 N–H and O–H groups in total. The quantitative estimate of drug-likeness (QED) is 0.0379. The van der Waals surface area contributed by atoms with Crippen molar-refractivity contribution >= 4 is 51.5 Å². The highest BCUT2D eigenvalue weighted by Gasteiger charge is 2.40. The number of hydrogen-bond donors (Lipinski definition) is 8. The van der Waals surface area contributed by atoms with Gasteiger partial charge in [-0.1, -0.05) is 6.07 Å². The first-order valence-corrected chi connectivity index (χ1v) is 21.5. The highest BCUT2D eigenvalue weighted by molar-refractivity contribution is 7.90. The van der Waals surface area contributed by atoms with Gasteiger partial charge in [0.2, 0.25) is 35.5 Å². The molecular weight excluding hydrogens is 813 g/mol. The summed E-state index contributed by atoms with van der Waals surface area (Å²) in [6, 6.07) is -0.994. The third-order valence-electron chi connectivity index (χ3n) is 10.7. The lowest BCUT2D eigenvalue weighted by Crippen LogP contribution is -2.56. The standard InChI is InChI=1S/C40H58N10O10S/c1-22-23(2)34(24(3)26-19-40(4,5)60-33(22)26)61(57,58)49-39(43)45-16-8-11-29(38(56)59-6)48-36(54)30-12-9-17-50(30)37(55)28(13-14-31(42)51)47-32(52)21-46-35(53)27(41)18-25-10-7-15-44-20-25/h7,10,15,20,27-30H,8-9,11-14,16-19,21,41H2,1-6H3,(H2,42,51)(H,46,53)(H,47,52)(H,48,54)(H3,43,45,49)/t27-,28-,29-,30-/m0/s1. The summed E-state index contributed by atoms with van der Waals surface area (Å²) in [5.41, 5.74) is 14.1. The van der Waals surface area contributed by atoms with Gasteiger partial charge in [-0.3, -0.25) is 34.4 Å². The summed E-state index contributed by atoms with van der Waals surface area (Å²) < 4.78 is 40.4. The number of likely N-dealkylation sites (tertiary alicyclic amines) is 1. The maximum absolute atomic E-state index is 13.8. The van der Waals surface area contributed by atoms with Gasteiger partial charge in [0.15, 0.2) is 0 Å². The first kappa shape index (κ1) is 47.8. The van der Waals surface area contributed by atoms with E-state index in [1.54, 1.807) is 45.3 Å². The molecule has 1 fully saturated rings. The van der Waals surface area contributed by atoms with Gasteiger partial charge in [-0.2, -0.15) is 0 Å². The molecule has 61 heavy (non-hydrogen) atoms. The number of benzene rings is 1. The van der Waals surface area contributed by atoms with Crippen molar-refractivity contribution in [3.8, 4) is 5.75 Å². The van der Waals surface area contributed by atoms with E-state index in [1.165, 1.54) is 4.90 Å². The number of guanidine groups is 1. The van der Waals surface area contributed by atoms with Crippen LogP contribution in [0.2, 0.25) is 0 Å². The third-order valence-corrected chi connectivity index (χ3v) is 12.3. The SMILES string of the molecule is COC(=O)[C@H](CCCNC(=N)NS(=O)(=O)c1c(C)c(C)c2c(c1C)CC(C)(C)O2)NC(=O)[C@@H]1CCCN1C(=O)[C@H](CCC(N)=O)NC(=O)CNC(=O)[C@@H](N)Cc1cccnc1. The minimum Gasteiger partial charge on any atom is -0.487 e. The Labute approximate surface area is 355 Å². The number of carbonyl (C=O) groups is 6. The minimum absolute atomic E-state index is 0.0268. The number of nitrogens with two attached hydrogens (primary N) is 2. The monoisotopic (exact) mass is 870 g/mol. The van der Waals surface area contributed by atoms with Crippen LogP contribution >= 0.6 is 0 Å². The molecule has 21 heteroatoms. The lowest BCUT2D eigenvalue weighted by Gasteiger charge is -2.29. The van der Waals surface area contributed by atoms with Crippen LogP contribution in [0.25, 0.3) is 0 Å². The molecule has 5 amide bonds. The van der Waals surface area contributed by atoms with E-state index in [-0.39, 0.29) is 56.5 Å². The Hall–Kier alpha value is -5.83. The Morgan fingerprint density at radius 1 is 1.05 bits per heavy atom. The molecule has 4 rings (SSSR count). The average Bonchev–Trinajstić information content (AvgIpc) is 3.83. The number of hydrogen-bond acceptors (Lipinski definition) is 13. The van der Waals surface area contributed by atoms with Crippen molar-refractivity contribution in [3.63, 3.8) is 0 Å². The number of primary amides is 1. The molecule has 20 nitrogen and oxygen atoms in total. The first-order chi connectivity index (χ1) is 28.6. The number of fused-ring (bicyclic) bond motifs is 1. The van der Waals surface area contributed by atoms with Gasteiger partial charge in [0, 0.05) is 43.9 Å². The number of nitrogens with zero attached hydrogens (tertiary/aromatic N) is 2. The number of ether oxygens (including phenoxy) is 2. The zero-order chi connectivity index (χ0) is 45.2. The van der Waals surface area contributed by atoms with E-state index < -0.39 is 87.8 Å². The van der Waals surface area contributed by atoms with Crippen molar-refractivity contribution in [1.82, 2.24) is 35.9 Å². The molecule has 0 saturated carbocycles. The van der Waals surface area contributed by atoms with Gasteiger partial charge in [-0.05, 0) is 101 Å². The van der Waals surface area contributed by atoms with Crippen LogP contribution in [-0.2, 0) is 56.4 Å². The van der Waals surface area contributed by atoms with Crippen LogP contribution in [0.15, 0.2) is 29.4 Å². The predicted octanol–water partition coefficient (Wildman–Crippen LogP) is -0.611. The molecule has 0 spiro atoms. The van der Waals surface area contributed by atoms with Gasteiger partial charge < -0.3 is 47.1 Å². The Balaban J connectivity index is 1.32. The normalized spacial score (nSPS) is 16.8. The van der Waals surface area contributed by atoms with Crippen molar-refractivity contribution < 1.29 is 46.7 Å². The summed E-state index contributed by atoms with van der Waals surface area (Å²) in [6.45, 7) is 8.74. The zero-order valence-corrected chi connectivity index (χ0v) is 36.3. The summed E-state index contributed by atoms with van der Waals surface area (Å²) >= 11 is 0. The summed E-state index contributed by atoms with van der Waals surface area (Å²) in [7, 11) is -3.03. The van der Waals surface area contributed by atoms with E-state index >= 15 is 0 Å². The second kappa shape index (κ2) is 20.6. The molecular formula is C40H58N10O10S. The van der Waals surface area contributed by atoms with Crippen LogP contribution in [0.3, 0.4) is 0 Å². The number of nitrogens with one attached hydrogen (secondary N) is 6. The molecule has 0 radical (unpaired) electrons. The summed E-state index contributed by atoms with van der Waals surface area (Å²) in [6.07, 6.45) is 4.28. The molecule has 2 aliphatic heterocycles. The van der Waals surface area contributed by atoms with Crippen molar-refractivity contribution in [2.24, 2.45) is 11.5 Å². The highest BCUT2D eigenvalue weighted by atomic mass is 32.2. The van der Waals surface area contributed by atoms with Crippen LogP contribution in [-0.4, -0.2) is 116 Å². The Bertz CT molecular complexity index is 2120. The van der Waals surface area contributed by atoms with Crippen molar-refractivity contribution in [2.45, 2.75) is 121 Å². The van der Waals surface area contributed by atoms with E-state index in [2.05, 4.69) is 31.0 Å². The molecule has 1 aromatic carbocycles. The van der Waals surface area contributed by atoms with Gasteiger partial charge in [-0.25, -0.2) is 17.9 Å². The summed E-state index contributed by atoms with van der Waals surface area (Å²) in [5, 5.41) is 18.6. The fourth-order valence-corrected chi connectivity index (χ4v) is 9.03. The number of esters is 1. The predicted molar refractivity (Wildman–Crippen MR) is 222 cm³/mol. The number of aromatic nitrogens is 1. The molecule has 1 saturated heterocycles. The number of methoxy groups -OCH3 is 1. The van der Waals surface area contributed by atoms with Crippen LogP contribution in [0, 0.1) is 26.2 Å². The molecule has 2 aliphatic rings. The van der Waals surface area contributed by atoms with Crippen molar-refractivity contribution in [2.75, 3.05) is 26.7 Å². The maximum Gasteiger partial charge on any atom is 0.328 e. The number of rotatable bonds is 19. The lowest BCUT2D eigenvalue weighted by molar-refractivity contribution is -0.147. The third kappa shape index (κ3) is 12.6. The molecule has 2 aromatic rings. The summed E-state index contributed by atoms with van der Waals surface area (Å²) in [4.78, 5) is 82.7. The molecule has 1 aromatic heterocycles. The molecule has 3 heterocycles. The molecule has 0 aliphatic carbocycles. The van der Waals surface area contributed by atoms with E-state index in [1.807, 2.05) is 13.8 Å². The molecule has 334 valence electrons. The van der Waals surface area contributed by atoms with Crippen molar-refractivity contribution in [3.05, 3.63) is 52.3 Å². The number of sulfonamides is 1. The van der Waals surface area contributed by atoms with Gasteiger partial charge in [0.1, 0.15) is 29.5 Å². The topological polar surface area (TPSA) is 307 Å². The molecule has 0 unspecified atom stereocenters. The summed E-state index contributed by atoms with van der Waals surface area (Å²) in [5.74, 6) is -3.97. The van der Waals surface area contributed by atoms with E-state index in [9.17, 15) is 37.2 Å². The van der Waals surface area contributed by atoms with Crippen LogP contribution < -0.4 is 42.2 Å². The van der Waals surface area contributed by atoms with E-state index in [4.69, 9.17) is 26.4 Å². The Morgan fingerprint density at radius 3 is 2.43 bits per heavy atom. The zero-order valence-electron chi connectivity index (χ0n) is 35.4. The van der Waals surface area contributed by atoms with Crippen LogP contribution in [0.1, 0.15) is 80.2 Å². The second-order valence-electron chi connectivity index (χ2n) is 15.9. The fourth-order valence-electron chi connectivity index (χ4n) is 7.50. The van der Waals surface area contributed by atoms with E-state index in [0.29, 0.717) is 35.3 Å². The number of pyridine rings is 1. The van der Waals surface area contributed by atoms with Gasteiger partial charge >= 0.3 is 5.97 Å². The van der Waals surface area contributed by atoms with Crippen molar-refractivity contribution in [1.29, 1.82) is 5.41 Å². The van der Waals surface area contributed by atoms with Crippen LogP contribution in [0.4, 0.5) is 0 Å². The number of amides is 5. The molecule has 0 bridgehead atoms. The van der Waals surface area contributed by atoms with E-state index in [0.717, 1.165) is 18.2 Å². The first-order valence-electron chi connectivity index (χ1n) is 20.0. The highest BCUT2D eigenvalue weighted by Crippen LogP contribution is 2.43. The smallest absolute Gasteiger partial charge is 0.328 e. The maximum atomic E-state index is 13.8. The van der Waals surface area contributed by atoms with Crippen LogP contribution in [0.5, 0.6) is 5.75 Å². The molecule has 4 atom stereocenters. The second-order valence-corrected chi connectivity index (χ2v) is 17.5. The lowest BCUT2D eigenvalue weighted by atomic mass is 9.94. The number of carbonyl (C=O) groups excluding carboxylic acids is 6. The van der Waals surface area contributed by atoms with Gasteiger partial charge in [-0.15, -0.1) is 0 Å².